The molecule has 27 heavy (non-hydrogen) atoms. The summed E-state index contributed by atoms with van der Waals surface area (Å²) in [5.41, 5.74) is 5.76. The van der Waals surface area contributed by atoms with Gasteiger partial charge in [0.1, 0.15) is 17.4 Å². The Balaban J connectivity index is 1.77. The van der Waals surface area contributed by atoms with Crippen LogP contribution in [0.5, 0.6) is 0 Å². The van der Waals surface area contributed by atoms with Crippen LogP contribution in [0.15, 0.2) is 12.7 Å². The molecule has 0 saturated heterocycles. The van der Waals surface area contributed by atoms with Gasteiger partial charge in [0.05, 0.1) is 18.5 Å². The predicted molar refractivity (Wildman–Crippen MR) is 102 cm³/mol. The molecule has 2 aromatic rings. The third kappa shape index (κ3) is 3.87. The minimum absolute atomic E-state index is 0.00530. The Morgan fingerprint density at radius 2 is 1.96 bits per heavy atom. The van der Waals surface area contributed by atoms with Gasteiger partial charge in [0.2, 0.25) is 0 Å². The number of anilines is 1. The maximum Gasteiger partial charge on any atom is 0.359 e. The molecule has 3 N–H and O–H groups in total. The topological polar surface area (TPSA) is 125 Å². The second-order valence-electron chi connectivity index (χ2n) is 8.17. The van der Waals surface area contributed by atoms with Gasteiger partial charge in [-0.05, 0) is 24.2 Å². The molecule has 10 heteroatoms. The molecular weight excluding hydrogens is 369 g/mol. The van der Waals surface area contributed by atoms with Crippen molar-refractivity contribution >= 4 is 24.6 Å². The average Bonchev–Trinajstić information content (AvgIpc) is 2.99. The van der Waals surface area contributed by atoms with Crippen molar-refractivity contribution in [3.8, 4) is 0 Å². The van der Waals surface area contributed by atoms with Gasteiger partial charge >= 0.3 is 7.60 Å². The summed E-state index contributed by atoms with van der Waals surface area (Å²) >= 11 is 0. The van der Waals surface area contributed by atoms with E-state index in [1.807, 2.05) is 39.2 Å². The number of aromatic nitrogens is 4. The van der Waals surface area contributed by atoms with Crippen LogP contribution in [-0.4, -0.2) is 35.7 Å². The van der Waals surface area contributed by atoms with Crippen molar-refractivity contribution in [1.29, 1.82) is 0 Å². The number of nitrogen functional groups attached to an aromatic ring is 1. The van der Waals surface area contributed by atoms with Crippen molar-refractivity contribution in [3.63, 3.8) is 0 Å². The van der Waals surface area contributed by atoms with Crippen molar-refractivity contribution in [2.75, 3.05) is 5.73 Å². The van der Waals surface area contributed by atoms with E-state index in [-0.39, 0.29) is 17.8 Å². The van der Waals surface area contributed by atoms with Crippen molar-refractivity contribution in [3.05, 3.63) is 12.7 Å². The van der Waals surface area contributed by atoms with Gasteiger partial charge in [-0.2, -0.15) is 0 Å². The highest BCUT2D eigenvalue weighted by atomic mass is 31.2. The van der Waals surface area contributed by atoms with Crippen molar-refractivity contribution in [1.82, 2.24) is 19.5 Å². The zero-order chi connectivity index (χ0) is 20.0. The average molecular weight is 397 g/mol. The minimum atomic E-state index is -3.94. The molecule has 2 aromatic heterocycles. The van der Waals surface area contributed by atoms with Gasteiger partial charge in [-0.25, -0.2) is 19.8 Å². The normalized spacial score (nSPS) is 24.9. The van der Waals surface area contributed by atoms with Crippen molar-refractivity contribution < 1.29 is 19.0 Å². The molecule has 3 atom stereocenters. The van der Waals surface area contributed by atoms with E-state index in [1.165, 1.54) is 6.33 Å². The summed E-state index contributed by atoms with van der Waals surface area (Å²) < 4.78 is 19.8. The number of nitrogens with zero attached hydrogens (tertiary/aromatic N) is 4. The van der Waals surface area contributed by atoms with Gasteiger partial charge in [-0.15, -0.1) is 4.67 Å². The summed E-state index contributed by atoms with van der Waals surface area (Å²) in [7, 11) is -3.94. The molecule has 0 radical (unpaired) electrons. The quantitative estimate of drug-likeness (QED) is 0.396. The second kappa shape index (κ2) is 7.13. The number of nitrogens with two attached hydrogens (primary N) is 1. The molecule has 1 aliphatic carbocycles. The van der Waals surface area contributed by atoms with Crippen LogP contribution in [0.2, 0.25) is 0 Å². The zero-order valence-electron chi connectivity index (χ0n) is 16.4. The van der Waals surface area contributed by atoms with Crippen molar-refractivity contribution in [2.45, 2.75) is 58.8 Å². The molecule has 150 valence electrons. The van der Waals surface area contributed by atoms with Crippen LogP contribution in [0.4, 0.5) is 5.82 Å². The standard InChI is InChI=1S/C17H28N5O4P/c1-10(2)14(11(3)4)27(23,24)26-25-17(6-12(17)5)7-22-9-21-13-15(18)19-8-20-16(13)22/h8-12,14H,6-7H2,1-5H3,(H,23,24)(H2,18,19,20)/t12-,17-/m0/s1. The lowest BCUT2D eigenvalue weighted by atomic mass is 10.00. The first-order valence-electron chi connectivity index (χ1n) is 9.18. The Bertz CT molecular complexity index is 862. The van der Waals surface area contributed by atoms with Crippen LogP contribution in [0, 0.1) is 17.8 Å². The Morgan fingerprint density at radius 1 is 1.33 bits per heavy atom. The second-order valence-corrected chi connectivity index (χ2v) is 10.0. The molecule has 0 amide bonds. The first-order chi connectivity index (χ1) is 12.6. The fraction of sp³-hybridized carbons (Fsp3) is 0.706. The summed E-state index contributed by atoms with van der Waals surface area (Å²) in [5, 5.41) is 0. The number of hydrogen-bond acceptors (Lipinski definition) is 7. The maximum absolute atomic E-state index is 12.8. The van der Waals surface area contributed by atoms with E-state index in [4.69, 9.17) is 15.3 Å². The van der Waals surface area contributed by atoms with Gasteiger partial charge in [-0.3, -0.25) is 4.57 Å². The Morgan fingerprint density at radius 3 is 2.52 bits per heavy atom. The van der Waals surface area contributed by atoms with Crippen molar-refractivity contribution in [2.24, 2.45) is 17.8 Å². The third-order valence-corrected chi connectivity index (χ3v) is 7.54. The highest BCUT2D eigenvalue weighted by molar-refractivity contribution is 7.53. The van der Waals surface area contributed by atoms with Crippen LogP contribution in [0.3, 0.4) is 0 Å². The molecule has 3 rings (SSSR count). The van der Waals surface area contributed by atoms with E-state index >= 15 is 0 Å². The monoisotopic (exact) mass is 397 g/mol. The fourth-order valence-electron chi connectivity index (χ4n) is 3.83. The first-order valence-corrected chi connectivity index (χ1v) is 10.8. The summed E-state index contributed by atoms with van der Waals surface area (Å²) in [4.78, 5) is 28.5. The SMILES string of the molecule is CC(C)C(C(C)C)P(=O)(O)OO[C@]1(Cn2cnc3c(N)ncnc32)C[C@@H]1C. The molecule has 2 heterocycles. The molecule has 0 bridgehead atoms. The lowest BCUT2D eigenvalue weighted by molar-refractivity contribution is -0.271. The molecule has 1 fully saturated rings. The molecular formula is C17H28N5O4P. The minimum Gasteiger partial charge on any atom is -0.382 e. The third-order valence-electron chi connectivity index (χ3n) is 5.31. The fourth-order valence-corrected chi connectivity index (χ4v) is 5.69. The van der Waals surface area contributed by atoms with Crippen LogP contribution >= 0.6 is 7.60 Å². The van der Waals surface area contributed by atoms with Crippen LogP contribution in [-0.2, 0) is 20.7 Å². The Kier molecular flexibility index (Phi) is 5.33. The number of imidazole rings is 1. The van der Waals surface area contributed by atoms with E-state index in [9.17, 15) is 9.46 Å². The number of rotatable bonds is 8. The van der Waals surface area contributed by atoms with Gasteiger partial charge in [0.25, 0.3) is 0 Å². The Labute approximate surface area is 158 Å². The smallest absolute Gasteiger partial charge is 0.359 e. The molecule has 1 saturated carbocycles. The molecule has 9 nitrogen and oxygen atoms in total. The van der Waals surface area contributed by atoms with E-state index in [2.05, 4.69) is 15.0 Å². The lowest BCUT2D eigenvalue weighted by Gasteiger charge is -2.29. The molecule has 1 unspecified atom stereocenters. The van der Waals surface area contributed by atoms with E-state index in [0.29, 0.717) is 29.9 Å². The Hall–Kier alpha value is -1.54. The summed E-state index contributed by atoms with van der Waals surface area (Å²) in [6.45, 7) is 10.1. The van der Waals surface area contributed by atoms with Gasteiger partial charge in [-0.1, -0.05) is 34.6 Å². The van der Waals surface area contributed by atoms with E-state index in [1.54, 1.807) is 6.33 Å². The highest BCUT2D eigenvalue weighted by Gasteiger charge is 2.56. The first kappa shape index (κ1) is 20.2. The summed E-state index contributed by atoms with van der Waals surface area (Å²) in [6, 6.07) is 0. The molecule has 0 aromatic carbocycles. The molecule has 1 aliphatic rings. The molecule has 0 aliphatic heterocycles. The molecule has 0 spiro atoms. The summed E-state index contributed by atoms with van der Waals surface area (Å²) in [6.07, 6.45) is 3.71. The maximum atomic E-state index is 12.8. The predicted octanol–water partition coefficient (Wildman–Crippen LogP) is 3.00. The number of hydrogen-bond donors (Lipinski definition) is 2. The lowest BCUT2D eigenvalue weighted by Crippen LogP contribution is -2.28. The zero-order valence-corrected chi connectivity index (χ0v) is 17.3. The number of fused-ring (bicyclic) bond motifs is 1. The van der Waals surface area contributed by atoms with Gasteiger partial charge in [0, 0.05) is 0 Å². The van der Waals surface area contributed by atoms with Crippen LogP contribution in [0.25, 0.3) is 11.2 Å². The van der Waals surface area contributed by atoms with Gasteiger partial charge in [0.15, 0.2) is 11.5 Å². The van der Waals surface area contributed by atoms with Crippen LogP contribution in [0.1, 0.15) is 41.0 Å². The largest absolute Gasteiger partial charge is 0.382 e. The van der Waals surface area contributed by atoms with E-state index in [0.717, 1.165) is 0 Å². The van der Waals surface area contributed by atoms with Gasteiger partial charge < -0.3 is 15.2 Å². The van der Waals surface area contributed by atoms with Crippen LogP contribution < -0.4 is 5.73 Å². The highest BCUT2D eigenvalue weighted by Crippen LogP contribution is 2.57. The van der Waals surface area contributed by atoms with E-state index < -0.39 is 18.9 Å². The summed E-state index contributed by atoms with van der Waals surface area (Å²) in [5.74, 6) is 0.472.